The molecule has 0 saturated carbocycles. The van der Waals surface area contributed by atoms with Gasteiger partial charge in [-0.05, 0) is 56.4 Å². The van der Waals surface area contributed by atoms with Crippen molar-refractivity contribution in [1.29, 1.82) is 0 Å². The molecule has 2 aromatic rings. The number of nitrogens with zero attached hydrogens (tertiary/aromatic N) is 1. The molecule has 0 saturated heterocycles. The Bertz CT molecular complexity index is 796. The van der Waals surface area contributed by atoms with Gasteiger partial charge in [0.1, 0.15) is 5.75 Å². The summed E-state index contributed by atoms with van der Waals surface area (Å²) in [5, 5.41) is 4.80. The van der Waals surface area contributed by atoms with E-state index in [1.54, 1.807) is 19.9 Å². The number of ether oxygens (including phenoxy) is 1. The van der Waals surface area contributed by atoms with Crippen LogP contribution in [-0.4, -0.2) is 22.1 Å². The minimum atomic E-state index is -4.59. The number of amides is 1. The summed E-state index contributed by atoms with van der Waals surface area (Å²) >= 11 is 4.98. The van der Waals surface area contributed by atoms with E-state index >= 15 is 0 Å². The highest BCUT2D eigenvalue weighted by Crippen LogP contribution is 2.38. The molecule has 2 rings (SSSR count). The van der Waals surface area contributed by atoms with Crippen LogP contribution >= 0.6 is 12.2 Å². The molecule has 0 aliphatic rings. The first kappa shape index (κ1) is 19.6. The summed E-state index contributed by atoms with van der Waals surface area (Å²) in [5.41, 5.74) is -0.587. The van der Waals surface area contributed by atoms with Gasteiger partial charge < -0.3 is 10.1 Å². The monoisotopic (exact) mass is 383 g/mol. The van der Waals surface area contributed by atoms with Crippen molar-refractivity contribution < 1.29 is 22.7 Å². The maximum absolute atomic E-state index is 13.2. The van der Waals surface area contributed by atoms with Crippen molar-refractivity contribution >= 4 is 28.9 Å². The number of alkyl halides is 3. The topological polar surface area (TPSA) is 63.2 Å². The molecule has 1 amide bonds. The Morgan fingerprint density at radius 2 is 2.00 bits per heavy atom. The molecule has 1 aromatic carbocycles. The lowest BCUT2D eigenvalue weighted by atomic mass is 10.1. The average molecular weight is 383 g/mol. The number of benzene rings is 1. The molecule has 1 aromatic heterocycles. The maximum atomic E-state index is 13.2. The number of thiocarbonyl (C=S) groups is 1. The van der Waals surface area contributed by atoms with Crippen LogP contribution in [0, 0.1) is 0 Å². The molecule has 0 radical (unpaired) electrons. The van der Waals surface area contributed by atoms with Crippen molar-refractivity contribution in [3.05, 3.63) is 53.9 Å². The summed E-state index contributed by atoms with van der Waals surface area (Å²) in [5.74, 6) is -0.797. The molecule has 2 N–H and O–H groups in total. The van der Waals surface area contributed by atoms with Crippen molar-refractivity contribution in [2.45, 2.75) is 26.1 Å². The highest BCUT2D eigenvalue weighted by atomic mass is 32.1. The largest absolute Gasteiger partial charge is 0.490 e. The SMILES string of the molecule is CC(C)Oc1ccc(NC(=S)NC(=O)c2cccnc2)cc1C(F)(F)F. The number of aromatic nitrogens is 1. The van der Waals surface area contributed by atoms with Crippen LogP contribution in [0.4, 0.5) is 18.9 Å². The summed E-state index contributed by atoms with van der Waals surface area (Å²) in [7, 11) is 0. The molecule has 1 heterocycles. The van der Waals surface area contributed by atoms with E-state index in [-0.39, 0.29) is 22.1 Å². The summed E-state index contributed by atoms with van der Waals surface area (Å²) < 4.78 is 44.9. The van der Waals surface area contributed by atoms with E-state index in [1.807, 2.05) is 0 Å². The second kappa shape index (κ2) is 8.13. The number of carbonyl (C=O) groups is 1. The lowest BCUT2D eigenvalue weighted by molar-refractivity contribution is -0.139. The number of hydrogen-bond acceptors (Lipinski definition) is 4. The molecule has 5 nitrogen and oxygen atoms in total. The molecule has 26 heavy (non-hydrogen) atoms. The van der Waals surface area contributed by atoms with E-state index in [2.05, 4.69) is 15.6 Å². The van der Waals surface area contributed by atoms with Crippen LogP contribution in [0.25, 0.3) is 0 Å². The van der Waals surface area contributed by atoms with Crippen LogP contribution in [0.5, 0.6) is 5.75 Å². The van der Waals surface area contributed by atoms with E-state index in [0.29, 0.717) is 0 Å². The zero-order valence-corrected chi connectivity index (χ0v) is 14.7. The van der Waals surface area contributed by atoms with Crippen LogP contribution in [0.1, 0.15) is 29.8 Å². The van der Waals surface area contributed by atoms with Gasteiger partial charge in [-0.3, -0.25) is 15.1 Å². The zero-order chi connectivity index (χ0) is 19.3. The third kappa shape index (κ3) is 5.41. The van der Waals surface area contributed by atoms with Crippen molar-refractivity contribution in [2.75, 3.05) is 5.32 Å². The van der Waals surface area contributed by atoms with Crippen LogP contribution in [-0.2, 0) is 6.18 Å². The second-order valence-corrected chi connectivity index (χ2v) is 5.93. The number of rotatable bonds is 4. The molecule has 0 unspecified atom stereocenters. The molecular formula is C17H16F3N3O2S. The maximum Gasteiger partial charge on any atom is 0.420 e. The molecule has 0 fully saturated rings. The third-order valence-corrected chi connectivity index (χ3v) is 3.26. The predicted molar refractivity (Wildman–Crippen MR) is 95.1 cm³/mol. The first-order valence-corrected chi connectivity index (χ1v) is 7.98. The van der Waals surface area contributed by atoms with Gasteiger partial charge in [0.15, 0.2) is 5.11 Å². The number of nitrogens with one attached hydrogen (secondary N) is 2. The minimum absolute atomic E-state index is 0.0740. The fraction of sp³-hybridized carbons (Fsp3) is 0.235. The molecule has 0 spiro atoms. The number of hydrogen-bond donors (Lipinski definition) is 2. The fourth-order valence-electron chi connectivity index (χ4n) is 2.02. The van der Waals surface area contributed by atoms with Crippen LogP contribution in [0.3, 0.4) is 0 Å². The summed E-state index contributed by atoms with van der Waals surface area (Å²) in [6.07, 6.45) is -2.15. The van der Waals surface area contributed by atoms with Gasteiger partial charge in [0.05, 0.1) is 17.2 Å². The van der Waals surface area contributed by atoms with E-state index < -0.39 is 23.8 Å². The number of pyridine rings is 1. The summed E-state index contributed by atoms with van der Waals surface area (Å²) in [4.78, 5) is 15.8. The smallest absolute Gasteiger partial charge is 0.420 e. The number of halogens is 3. The molecular weight excluding hydrogens is 367 g/mol. The Kier molecular flexibility index (Phi) is 6.14. The van der Waals surface area contributed by atoms with Gasteiger partial charge >= 0.3 is 6.18 Å². The van der Waals surface area contributed by atoms with E-state index in [4.69, 9.17) is 17.0 Å². The molecule has 9 heteroatoms. The third-order valence-electron chi connectivity index (χ3n) is 3.06. The molecule has 0 bridgehead atoms. The van der Waals surface area contributed by atoms with Crippen molar-refractivity contribution in [2.24, 2.45) is 0 Å². The van der Waals surface area contributed by atoms with Gasteiger partial charge in [0, 0.05) is 18.1 Å². The van der Waals surface area contributed by atoms with Gasteiger partial charge in [-0.1, -0.05) is 0 Å². The molecule has 0 aliphatic heterocycles. The van der Waals surface area contributed by atoms with Gasteiger partial charge in [-0.2, -0.15) is 13.2 Å². The van der Waals surface area contributed by atoms with Crippen LogP contribution in [0.15, 0.2) is 42.7 Å². The quantitative estimate of drug-likeness (QED) is 0.781. The Hall–Kier alpha value is -2.68. The number of anilines is 1. The summed E-state index contributed by atoms with van der Waals surface area (Å²) in [6.45, 7) is 3.27. The van der Waals surface area contributed by atoms with E-state index in [0.717, 1.165) is 6.07 Å². The van der Waals surface area contributed by atoms with Crippen molar-refractivity contribution in [3.63, 3.8) is 0 Å². The molecule has 0 aliphatic carbocycles. The van der Waals surface area contributed by atoms with Crippen molar-refractivity contribution in [1.82, 2.24) is 10.3 Å². The van der Waals surface area contributed by atoms with Gasteiger partial charge in [0.2, 0.25) is 0 Å². The van der Waals surface area contributed by atoms with Crippen LogP contribution in [0.2, 0.25) is 0 Å². The molecule has 0 atom stereocenters. The highest BCUT2D eigenvalue weighted by molar-refractivity contribution is 7.80. The van der Waals surface area contributed by atoms with Crippen LogP contribution < -0.4 is 15.4 Å². The van der Waals surface area contributed by atoms with Crippen molar-refractivity contribution in [3.8, 4) is 5.75 Å². The Morgan fingerprint density at radius 3 is 2.58 bits per heavy atom. The first-order valence-electron chi connectivity index (χ1n) is 7.57. The standard InChI is InChI=1S/C17H16F3N3O2S/c1-10(2)25-14-6-5-12(8-13(14)17(18,19)20)22-16(26)23-15(24)11-4-3-7-21-9-11/h3-10H,1-2H3,(H2,22,23,24,26). The lowest BCUT2D eigenvalue weighted by Gasteiger charge is -2.18. The van der Waals surface area contributed by atoms with Gasteiger partial charge in [0.25, 0.3) is 5.91 Å². The predicted octanol–water partition coefficient (Wildman–Crippen LogP) is 4.01. The lowest BCUT2D eigenvalue weighted by Crippen LogP contribution is -2.34. The number of carbonyl (C=O) groups excluding carboxylic acids is 1. The normalized spacial score (nSPS) is 11.2. The van der Waals surface area contributed by atoms with Gasteiger partial charge in [-0.25, -0.2) is 0 Å². The van der Waals surface area contributed by atoms with E-state index in [1.165, 1.54) is 30.6 Å². The summed E-state index contributed by atoms with van der Waals surface area (Å²) in [6, 6.07) is 6.58. The fourth-order valence-corrected chi connectivity index (χ4v) is 2.23. The molecule has 138 valence electrons. The minimum Gasteiger partial charge on any atom is -0.490 e. The Morgan fingerprint density at radius 1 is 1.27 bits per heavy atom. The first-order chi connectivity index (χ1) is 12.2. The average Bonchev–Trinajstić information content (AvgIpc) is 2.55. The Balaban J connectivity index is 2.13. The second-order valence-electron chi connectivity index (χ2n) is 5.53. The Labute approximate surface area is 153 Å². The highest BCUT2D eigenvalue weighted by Gasteiger charge is 2.35. The van der Waals surface area contributed by atoms with Gasteiger partial charge in [-0.15, -0.1) is 0 Å². The van der Waals surface area contributed by atoms with E-state index in [9.17, 15) is 18.0 Å². The zero-order valence-electron chi connectivity index (χ0n) is 13.9.